The number of unbranched alkanes of at least 4 members (excludes halogenated alkanes) is 3. The summed E-state index contributed by atoms with van der Waals surface area (Å²) in [5.41, 5.74) is 13.6. The van der Waals surface area contributed by atoms with Gasteiger partial charge in [0.1, 0.15) is 44.3 Å². The van der Waals surface area contributed by atoms with Crippen LogP contribution in [0.25, 0.3) is 11.4 Å². The van der Waals surface area contributed by atoms with Crippen LogP contribution in [-0.2, 0) is 43.4 Å². The number of allylic oxidation sites excluding steroid dienone is 3. The SMILES string of the molecule is CN(C)c1ccc2c(c1)OC1=CC(=[N+](C)C)C=CC1C2c1ccc(C(=O)NCCCC[C@H](NC(=O)CCCCNC(=O)CCCc2cn(-c3ccc(C(=O)CO)cc3)nn2)C(=O)N[C@@H](CCCCNC(=O)c2ccc(-n3cc(CCCC(=O)NCc4ccccc4)nn3)cc2)C(N)=O)cc1C(=O)O. The van der Waals surface area contributed by atoms with Gasteiger partial charge in [-0.2, -0.15) is 0 Å². The minimum absolute atomic E-state index is 0.0182. The summed E-state index contributed by atoms with van der Waals surface area (Å²) < 4.78 is 11.6. The maximum absolute atomic E-state index is 14.1. The number of aliphatic hydroxyl groups excluding tert-OH is 1. The number of aliphatic hydroxyl groups is 1. The van der Waals surface area contributed by atoms with Gasteiger partial charge in [-0.1, -0.05) is 59.0 Å². The molecule has 1 aliphatic heterocycles. The Hall–Kier alpha value is -11.5. The summed E-state index contributed by atoms with van der Waals surface area (Å²) in [5, 5.41) is 53.7. The number of primary amides is 1. The molecular formula is C76H90N15O12+. The number of carboxylic acid groups (broad SMARTS) is 1. The third-order valence-corrected chi connectivity index (χ3v) is 17.9. The zero-order valence-corrected chi connectivity index (χ0v) is 58.4. The number of carbonyl (C=O) groups excluding carboxylic acids is 8. The number of anilines is 1. The summed E-state index contributed by atoms with van der Waals surface area (Å²) in [5.74, 6) is -4.05. The van der Waals surface area contributed by atoms with Crippen LogP contribution >= 0.6 is 0 Å². The number of hydrogen-bond acceptors (Lipinski definition) is 16. The Kier molecular flexibility index (Phi) is 27.4. The monoisotopic (exact) mass is 1400 g/mol. The number of hydrogen-bond donors (Lipinski definition) is 9. The van der Waals surface area contributed by atoms with Crippen LogP contribution in [0, 0.1) is 5.92 Å². The third kappa shape index (κ3) is 21.8. The number of carboxylic acids is 1. The van der Waals surface area contributed by atoms with Crippen molar-refractivity contribution in [3.05, 3.63) is 202 Å². The number of nitrogens with zero attached hydrogens (tertiary/aromatic N) is 8. The van der Waals surface area contributed by atoms with E-state index in [1.165, 1.54) is 6.07 Å². The molecule has 2 aliphatic rings. The molecule has 5 aromatic carbocycles. The minimum Gasteiger partial charge on any atom is -0.478 e. The van der Waals surface area contributed by atoms with E-state index < -0.39 is 60.0 Å². The normalized spacial score (nSPS) is 14.1. The Labute approximate surface area is 597 Å². The molecule has 1 aliphatic carbocycles. The number of carbonyl (C=O) groups is 9. The van der Waals surface area contributed by atoms with Gasteiger partial charge in [0.15, 0.2) is 5.78 Å². The van der Waals surface area contributed by atoms with E-state index in [9.17, 15) is 48.3 Å². The number of ketones is 1. The van der Waals surface area contributed by atoms with Crippen molar-refractivity contribution in [3.63, 3.8) is 0 Å². The lowest BCUT2D eigenvalue weighted by molar-refractivity contribution is -0.462. The molecule has 7 amide bonds. The van der Waals surface area contributed by atoms with Crippen molar-refractivity contribution in [1.82, 2.24) is 61.9 Å². The molecule has 103 heavy (non-hydrogen) atoms. The summed E-state index contributed by atoms with van der Waals surface area (Å²) in [6.07, 6.45) is 14.8. The van der Waals surface area contributed by atoms with Gasteiger partial charge in [0.2, 0.25) is 35.2 Å². The number of fused-ring (bicyclic) bond motifs is 2. The van der Waals surface area contributed by atoms with E-state index in [0.717, 1.165) is 28.2 Å². The molecular weight excluding hydrogens is 1310 g/mol. The number of rotatable bonds is 38. The number of benzene rings is 5. The van der Waals surface area contributed by atoms with Crippen LogP contribution in [0.4, 0.5) is 5.69 Å². The fourth-order valence-electron chi connectivity index (χ4n) is 12.1. The number of Topliss-reactive ketones (excluding diaryl/α,β-unsaturated/α-hetero) is 1. The Morgan fingerprint density at radius 2 is 1.17 bits per heavy atom. The molecule has 2 aromatic heterocycles. The Morgan fingerprint density at radius 3 is 1.78 bits per heavy atom. The van der Waals surface area contributed by atoms with Gasteiger partial charge >= 0.3 is 5.97 Å². The summed E-state index contributed by atoms with van der Waals surface area (Å²) in [4.78, 5) is 119. The molecule has 0 spiro atoms. The number of aromatic nitrogens is 6. The number of aryl methyl sites for hydroxylation is 2. The highest BCUT2D eigenvalue weighted by atomic mass is 16.5. The van der Waals surface area contributed by atoms with Crippen molar-refractivity contribution in [2.45, 2.75) is 121 Å². The van der Waals surface area contributed by atoms with Crippen LogP contribution in [0.15, 0.2) is 152 Å². The smallest absolute Gasteiger partial charge is 0.336 e. The fourth-order valence-corrected chi connectivity index (χ4v) is 12.1. The van der Waals surface area contributed by atoms with E-state index in [1.54, 1.807) is 82.4 Å². The second-order valence-corrected chi connectivity index (χ2v) is 25.9. The molecule has 27 nitrogen and oxygen atoms in total. The van der Waals surface area contributed by atoms with E-state index in [0.29, 0.717) is 129 Å². The number of nitrogens with one attached hydrogen (secondary N) is 6. The van der Waals surface area contributed by atoms with Gasteiger partial charge in [0, 0.05) is 118 Å². The quantitative estimate of drug-likeness (QED) is 0.0122. The second-order valence-electron chi connectivity index (χ2n) is 25.9. The van der Waals surface area contributed by atoms with Gasteiger partial charge in [-0.25, -0.2) is 18.7 Å². The van der Waals surface area contributed by atoms with E-state index in [1.807, 2.05) is 104 Å². The van der Waals surface area contributed by atoms with E-state index in [2.05, 4.69) is 52.5 Å². The first-order chi connectivity index (χ1) is 49.7. The van der Waals surface area contributed by atoms with Gasteiger partial charge < -0.3 is 57.5 Å². The summed E-state index contributed by atoms with van der Waals surface area (Å²) in [6, 6.07) is 31.4. The lowest BCUT2D eigenvalue weighted by atomic mass is 9.74. The molecule has 0 radical (unpaired) electrons. The van der Waals surface area contributed by atoms with E-state index >= 15 is 0 Å². The highest BCUT2D eigenvalue weighted by Gasteiger charge is 2.39. The Balaban J connectivity index is 0.750. The van der Waals surface area contributed by atoms with Gasteiger partial charge in [-0.05, 0) is 155 Å². The lowest BCUT2D eigenvalue weighted by Gasteiger charge is -2.36. The van der Waals surface area contributed by atoms with Crippen LogP contribution in [0.2, 0.25) is 0 Å². The molecule has 0 saturated carbocycles. The Bertz CT molecular complexity index is 4250. The second kappa shape index (κ2) is 37.3. The van der Waals surface area contributed by atoms with Crippen molar-refractivity contribution in [1.29, 1.82) is 0 Å². The Morgan fingerprint density at radius 1 is 0.612 bits per heavy atom. The molecule has 27 heteroatoms. The first kappa shape index (κ1) is 75.7. The van der Waals surface area contributed by atoms with Crippen molar-refractivity contribution in [2.75, 3.05) is 59.3 Å². The van der Waals surface area contributed by atoms with Crippen molar-refractivity contribution in [3.8, 4) is 17.1 Å². The highest BCUT2D eigenvalue weighted by molar-refractivity contribution is 6.02. The molecule has 7 aromatic rings. The van der Waals surface area contributed by atoms with Crippen LogP contribution in [0.5, 0.6) is 5.75 Å². The van der Waals surface area contributed by atoms with Crippen molar-refractivity contribution >= 4 is 64.5 Å². The fraction of sp³-hybridized carbons (Fsp3) is 0.368. The van der Waals surface area contributed by atoms with Gasteiger partial charge in [-0.3, -0.25) is 38.4 Å². The van der Waals surface area contributed by atoms with Crippen molar-refractivity contribution < 1.29 is 62.7 Å². The number of aromatic carboxylic acids is 1. The third-order valence-electron chi connectivity index (χ3n) is 17.9. The van der Waals surface area contributed by atoms with Crippen LogP contribution in [-0.4, -0.2) is 170 Å². The lowest BCUT2D eigenvalue weighted by Crippen LogP contribution is -2.53. The zero-order chi connectivity index (χ0) is 73.4. The molecule has 0 fully saturated rings. The van der Waals surface area contributed by atoms with Crippen molar-refractivity contribution in [2.24, 2.45) is 11.7 Å². The van der Waals surface area contributed by atoms with Gasteiger partial charge in [0.25, 0.3) is 11.8 Å². The maximum Gasteiger partial charge on any atom is 0.336 e. The van der Waals surface area contributed by atoms with Gasteiger partial charge in [0.05, 0.1) is 40.7 Å². The van der Waals surface area contributed by atoms with Gasteiger partial charge in [-0.15, -0.1) is 10.2 Å². The molecule has 0 saturated heterocycles. The predicted octanol–water partition coefficient (Wildman–Crippen LogP) is 6.00. The molecule has 4 atom stereocenters. The molecule has 9 rings (SSSR count). The molecule has 540 valence electrons. The summed E-state index contributed by atoms with van der Waals surface area (Å²) >= 11 is 0. The highest BCUT2D eigenvalue weighted by Crippen LogP contribution is 2.49. The first-order valence-corrected chi connectivity index (χ1v) is 34.7. The topological polar surface area (TPSA) is 369 Å². The molecule has 3 heterocycles. The minimum atomic E-state index is -1.20. The van der Waals surface area contributed by atoms with Crippen LogP contribution in [0.1, 0.15) is 159 Å². The first-order valence-electron chi connectivity index (χ1n) is 34.7. The number of ether oxygens (including phenoxy) is 1. The molecule has 2 unspecified atom stereocenters. The molecule has 0 bridgehead atoms. The zero-order valence-electron chi connectivity index (χ0n) is 58.4. The average Bonchev–Trinajstić information content (AvgIpc) is 0.963. The number of amides is 7. The van der Waals surface area contributed by atoms with E-state index in [-0.39, 0.29) is 73.5 Å². The standard InChI is InChI=1S/C76H89N15O12/c1-88(2)57-34-37-60-66(43-57)103-67-44-58(89(3)4)35-38-61(67)71(60)59-36-29-52(42-62(59)76(101)102)74(99)80-41-12-9-21-64(82-70(96)22-10-13-39-78-68(94)23-14-18-53-46-90(86-84-53)55-30-25-50(26-31-55)65(93)48-92)75(100)83-63(72(77)97)20-8-11-40-79-73(98)51-27-32-56(33-28-51)91-47-54(85-87-91)19-15-24-69(95)81-45-49-16-6-5-7-17-49/h5-7,16-17,25-38,42-44,46-47,60,63-64,71,92H,8-15,18-24,39-41,45,48H2,1-4H3,(H8-,77,78,79,80,81,82,83,94,95,96,97,98,99,100,101,102)/p+1/t60?,63-,64-,71?/m0/s1. The summed E-state index contributed by atoms with van der Waals surface area (Å²) in [6.45, 7) is 0.567. The number of nitrogens with two attached hydrogens (primary N) is 1. The average molecular weight is 1410 g/mol. The molecule has 10 N–H and O–H groups in total. The van der Waals surface area contributed by atoms with E-state index in [4.69, 9.17) is 15.6 Å². The predicted molar refractivity (Wildman–Crippen MR) is 385 cm³/mol. The van der Waals surface area contributed by atoms with Crippen LogP contribution in [0.3, 0.4) is 0 Å². The van der Waals surface area contributed by atoms with Crippen LogP contribution < -0.4 is 47.3 Å². The maximum atomic E-state index is 14.1. The largest absolute Gasteiger partial charge is 0.478 e. The summed E-state index contributed by atoms with van der Waals surface area (Å²) in [7, 11) is 7.71.